The van der Waals surface area contributed by atoms with E-state index in [4.69, 9.17) is 11.6 Å². The summed E-state index contributed by atoms with van der Waals surface area (Å²) in [5.41, 5.74) is 1.76. The smallest absolute Gasteiger partial charge is 0.181 e. The summed E-state index contributed by atoms with van der Waals surface area (Å²) in [7, 11) is 1.75. The molecule has 0 fully saturated rings. The van der Waals surface area contributed by atoms with Crippen LogP contribution in [0.4, 0.5) is 14.5 Å². The fourth-order valence-electron chi connectivity index (χ4n) is 2.02. The van der Waals surface area contributed by atoms with Gasteiger partial charge in [-0.3, -0.25) is 4.68 Å². The molecular formula is C14H16ClF2N3. The molecule has 0 unspecified atom stereocenters. The van der Waals surface area contributed by atoms with Crippen LogP contribution in [0, 0.1) is 11.6 Å². The van der Waals surface area contributed by atoms with Crippen LogP contribution in [0.2, 0.25) is 5.15 Å². The summed E-state index contributed by atoms with van der Waals surface area (Å²) >= 11 is 6.19. The Bertz CT molecular complexity index is 623. The van der Waals surface area contributed by atoms with Gasteiger partial charge in [0.2, 0.25) is 0 Å². The van der Waals surface area contributed by atoms with Gasteiger partial charge in [0.15, 0.2) is 11.6 Å². The normalized spacial score (nSPS) is 11.2. The van der Waals surface area contributed by atoms with Crippen molar-refractivity contribution in [1.29, 1.82) is 0 Å². The van der Waals surface area contributed by atoms with Gasteiger partial charge < -0.3 is 5.32 Å². The first-order valence-corrected chi connectivity index (χ1v) is 6.68. The average molecular weight is 300 g/mol. The number of rotatable bonds is 4. The molecule has 6 heteroatoms. The van der Waals surface area contributed by atoms with Crippen molar-refractivity contribution in [3.8, 4) is 0 Å². The number of benzene rings is 1. The summed E-state index contributed by atoms with van der Waals surface area (Å²) in [6, 6.07) is 4.02. The van der Waals surface area contributed by atoms with Gasteiger partial charge >= 0.3 is 0 Å². The summed E-state index contributed by atoms with van der Waals surface area (Å²) in [5, 5.41) is 7.70. The number of hydrogen-bond acceptors (Lipinski definition) is 2. The molecule has 0 aliphatic heterocycles. The first-order chi connectivity index (χ1) is 9.41. The van der Waals surface area contributed by atoms with E-state index in [0.29, 0.717) is 11.7 Å². The van der Waals surface area contributed by atoms with E-state index in [-0.39, 0.29) is 11.6 Å². The van der Waals surface area contributed by atoms with Crippen molar-refractivity contribution < 1.29 is 8.78 Å². The molecule has 0 amide bonds. The van der Waals surface area contributed by atoms with Gasteiger partial charge in [-0.1, -0.05) is 31.5 Å². The number of aromatic nitrogens is 2. The summed E-state index contributed by atoms with van der Waals surface area (Å²) in [6.07, 6.45) is 0. The van der Waals surface area contributed by atoms with Crippen LogP contribution in [0.15, 0.2) is 18.2 Å². The number of aryl methyl sites for hydroxylation is 1. The number of anilines is 1. The molecule has 0 aliphatic carbocycles. The predicted octanol–water partition coefficient (Wildman–Crippen LogP) is 4.09. The van der Waals surface area contributed by atoms with E-state index in [1.54, 1.807) is 11.7 Å². The van der Waals surface area contributed by atoms with Crippen LogP contribution in [0.1, 0.15) is 31.0 Å². The molecule has 0 saturated heterocycles. The standard InChI is InChI=1S/C14H16ClF2N3/c1-8(2)13-9(14(15)20(3)19-13)7-18-11-6-4-5-10(16)12(11)17/h4-6,8,18H,7H2,1-3H3. The lowest BCUT2D eigenvalue weighted by Gasteiger charge is -2.10. The van der Waals surface area contributed by atoms with E-state index in [1.165, 1.54) is 12.1 Å². The van der Waals surface area contributed by atoms with Gasteiger partial charge in [-0.05, 0) is 18.1 Å². The Balaban J connectivity index is 2.25. The van der Waals surface area contributed by atoms with Crippen molar-refractivity contribution in [1.82, 2.24) is 9.78 Å². The third kappa shape index (κ3) is 2.77. The maximum absolute atomic E-state index is 13.6. The van der Waals surface area contributed by atoms with E-state index >= 15 is 0 Å². The molecule has 1 aromatic heterocycles. The van der Waals surface area contributed by atoms with Crippen LogP contribution in [-0.2, 0) is 13.6 Å². The summed E-state index contributed by atoms with van der Waals surface area (Å²) in [5.74, 6) is -1.57. The van der Waals surface area contributed by atoms with Crippen LogP contribution in [-0.4, -0.2) is 9.78 Å². The summed E-state index contributed by atoms with van der Waals surface area (Å²) in [6.45, 7) is 4.30. The van der Waals surface area contributed by atoms with Crippen molar-refractivity contribution >= 4 is 17.3 Å². The third-order valence-electron chi connectivity index (χ3n) is 3.05. The predicted molar refractivity (Wildman–Crippen MR) is 76.0 cm³/mol. The molecule has 2 aromatic rings. The van der Waals surface area contributed by atoms with Gasteiger partial charge in [-0.15, -0.1) is 0 Å². The van der Waals surface area contributed by atoms with Gasteiger partial charge in [0.1, 0.15) is 5.15 Å². The van der Waals surface area contributed by atoms with Crippen molar-refractivity contribution in [2.75, 3.05) is 5.32 Å². The Morgan fingerprint density at radius 1 is 1.35 bits per heavy atom. The highest BCUT2D eigenvalue weighted by Gasteiger charge is 2.17. The minimum Gasteiger partial charge on any atom is -0.378 e. The topological polar surface area (TPSA) is 29.9 Å². The molecule has 3 nitrogen and oxygen atoms in total. The molecule has 0 bridgehead atoms. The zero-order chi connectivity index (χ0) is 14.9. The lowest BCUT2D eigenvalue weighted by molar-refractivity contribution is 0.511. The Kier molecular flexibility index (Phi) is 4.28. The van der Waals surface area contributed by atoms with Crippen LogP contribution in [0.5, 0.6) is 0 Å². The minimum atomic E-state index is -0.890. The summed E-state index contributed by atoms with van der Waals surface area (Å²) in [4.78, 5) is 0. The first-order valence-electron chi connectivity index (χ1n) is 6.31. The monoisotopic (exact) mass is 299 g/mol. The van der Waals surface area contributed by atoms with Crippen LogP contribution in [0.3, 0.4) is 0 Å². The second-order valence-corrected chi connectivity index (χ2v) is 5.25. The average Bonchev–Trinajstić information content (AvgIpc) is 2.68. The molecule has 0 saturated carbocycles. The number of nitrogens with one attached hydrogen (secondary N) is 1. The second kappa shape index (κ2) is 5.79. The number of hydrogen-bond donors (Lipinski definition) is 1. The quantitative estimate of drug-likeness (QED) is 0.921. The number of nitrogens with zero attached hydrogens (tertiary/aromatic N) is 2. The van der Waals surface area contributed by atoms with Crippen LogP contribution < -0.4 is 5.32 Å². The lowest BCUT2D eigenvalue weighted by atomic mass is 10.1. The second-order valence-electron chi connectivity index (χ2n) is 4.89. The maximum Gasteiger partial charge on any atom is 0.181 e. The van der Waals surface area contributed by atoms with Gasteiger partial charge in [-0.2, -0.15) is 5.10 Å². The van der Waals surface area contributed by atoms with Gasteiger partial charge in [0, 0.05) is 19.2 Å². The molecule has 1 aromatic carbocycles. The molecule has 0 radical (unpaired) electrons. The molecule has 2 rings (SSSR count). The molecule has 0 atom stereocenters. The SMILES string of the molecule is CC(C)c1nn(C)c(Cl)c1CNc1cccc(F)c1F. The highest BCUT2D eigenvalue weighted by Crippen LogP contribution is 2.26. The highest BCUT2D eigenvalue weighted by atomic mass is 35.5. The zero-order valence-corrected chi connectivity index (χ0v) is 12.3. The van der Waals surface area contributed by atoms with Gasteiger partial charge in [0.05, 0.1) is 11.4 Å². The van der Waals surface area contributed by atoms with Crippen LogP contribution in [0.25, 0.3) is 0 Å². The van der Waals surface area contributed by atoms with E-state index < -0.39 is 11.6 Å². The van der Waals surface area contributed by atoms with Crippen molar-refractivity contribution in [3.05, 3.63) is 46.2 Å². The van der Waals surface area contributed by atoms with Crippen LogP contribution >= 0.6 is 11.6 Å². The van der Waals surface area contributed by atoms with Crippen molar-refractivity contribution in [2.45, 2.75) is 26.3 Å². The Morgan fingerprint density at radius 2 is 2.05 bits per heavy atom. The van der Waals surface area contributed by atoms with E-state index in [2.05, 4.69) is 10.4 Å². The van der Waals surface area contributed by atoms with E-state index in [9.17, 15) is 8.78 Å². The van der Waals surface area contributed by atoms with E-state index in [0.717, 1.165) is 17.3 Å². The highest BCUT2D eigenvalue weighted by molar-refractivity contribution is 6.30. The minimum absolute atomic E-state index is 0.111. The van der Waals surface area contributed by atoms with Gasteiger partial charge in [0.25, 0.3) is 0 Å². The molecule has 20 heavy (non-hydrogen) atoms. The maximum atomic E-state index is 13.6. The van der Waals surface area contributed by atoms with E-state index in [1.807, 2.05) is 13.8 Å². The van der Waals surface area contributed by atoms with Crippen molar-refractivity contribution in [2.24, 2.45) is 7.05 Å². The Hall–Kier alpha value is -1.62. The van der Waals surface area contributed by atoms with Crippen molar-refractivity contribution in [3.63, 3.8) is 0 Å². The summed E-state index contributed by atoms with van der Waals surface area (Å²) < 4.78 is 28.3. The molecule has 1 heterocycles. The molecule has 108 valence electrons. The Labute approximate surface area is 121 Å². The Morgan fingerprint density at radius 3 is 2.70 bits per heavy atom. The first kappa shape index (κ1) is 14.8. The largest absolute Gasteiger partial charge is 0.378 e. The molecule has 1 N–H and O–H groups in total. The van der Waals surface area contributed by atoms with Gasteiger partial charge in [-0.25, -0.2) is 8.78 Å². The fourth-order valence-corrected chi connectivity index (χ4v) is 2.22. The molecular weight excluding hydrogens is 284 g/mol. The number of halogens is 3. The lowest BCUT2D eigenvalue weighted by Crippen LogP contribution is -2.05. The molecule has 0 aliphatic rings. The zero-order valence-electron chi connectivity index (χ0n) is 11.5. The molecule has 0 spiro atoms. The fraction of sp³-hybridized carbons (Fsp3) is 0.357. The third-order valence-corrected chi connectivity index (χ3v) is 3.53.